The molecule has 0 unspecified atom stereocenters. The number of carbonyl (C=O) groups excluding carboxylic acids is 2. The number of imide groups is 1. The maximum absolute atomic E-state index is 12.2. The number of hydrogen-bond acceptors (Lipinski definition) is 5. The van der Waals surface area contributed by atoms with E-state index in [1.807, 2.05) is 37.3 Å². The zero-order valence-corrected chi connectivity index (χ0v) is 17.5. The summed E-state index contributed by atoms with van der Waals surface area (Å²) in [7, 11) is 3.06. The lowest BCUT2D eigenvalue weighted by Gasteiger charge is -2.16. The molecule has 2 amide bonds. The Balaban J connectivity index is 1.94. The molecule has 0 saturated carbocycles. The zero-order valence-electron chi connectivity index (χ0n) is 16.7. The Kier molecular flexibility index (Phi) is 6.44. The Hall–Kier alpha value is -2.99. The van der Waals surface area contributed by atoms with Gasteiger partial charge in [-0.2, -0.15) is 0 Å². The van der Waals surface area contributed by atoms with Gasteiger partial charge in [-0.1, -0.05) is 35.9 Å². The molecule has 2 aromatic rings. The molecule has 0 atom stereocenters. The zero-order chi connectivity index (χ0) is 21.0. The number of nitrogens with zero attached hydrogens (tertiary/aromatic N) is 1. The van der Waals surface area contributed by atoms with Gasteiger partial charge < -0.3 is 9.47 Å². The number of likely N-dealkylation sites (N-methyl/N-ethyl adjacent to an activating group) is 1. The fourth-order valence-corrected chi connectivity index (χ4v) is 3.87. The van der Waals surface area contributed by atoms with Crippen molar-refractivity contribution in [1.29, 1.82) is 0 Å². The van der Waals surface area contributed by atoms with E-state index in [2.05, 4.69) is 12.6 Å². The van der Waals surface area contributed by atoms with Crippen molar-refractivity contribution in [2.24, 2.45) is 0 Å². The lowest BCUT2D eigenvalue weighted by Crippen LogP contribution is -2.22. The molecule has 0 spiro atoms. The van der Waals surface area contributed by atoms with Gasteiger partial charge in [0.25, 0.3) is 11.1 Å². The fraction of sp³-hybridized carbons (Fsp3) is 0.217. The monoisotopic (exact) mass is 409 g/mol. The molecule has 1 saturated heterocycles. The van der Waals surface area contributed by atoms with Gasteiger partial charge in [0.2, 0.25) is 0 Å². The van der Waals surface area contributed by atoms with E-state index in [4.69, 9.17) is 9.47 Å². The summed E-state index contributed by atoms with van der Waals surface area (Å²) < 4.78 is 11.7. The maximum atomic E-state index is 12.2. The molecular weight excluding hydrogens is 386 g/mol. The highest BCUT2D eigenvalue weighted by atomic mass is 32.2. The Morgan fingerprint density at radius 2 is 2.00 bits per heavy atom. The van der Waals surface area contributed by atoms with Gasteiger partial charge in [0.1, 0.15) is 6.61 Å². The van der Waals surface area contributed by atoms with Crippen LogP contribution in [0.25, 0.3) is 6.08 Å². The van der Waals surface area contributed by atoms with Crippen molar-refractivity contribution >= 4 is 29.0 Å². The van der Waals surface area contributed by atoms with E-state index in [1.54, 1.807) is 19.3 Å². The minimum Gasteiger partial charge on any atom is -0.493 e. The van der Waals surface area contributed by atoms with E-state index in [-0.39, 0.29) is 11.1 Å². The minimum absolute atomic E-state index is 0.280. The second-order valence-corrected chi connectivity index (χ2v) is 7.72. The van der Waals surface area contributed by atoms with Crippen LogP contribution >= 0.6 is 11.8 Å². The Labute approximate surface area is 175 Å². The molecule has 1 aliphatic rings. The Morgan fingerprint density at radius 3 is 2.62 bits per heavy atom. The topological polar surface area (TPSA) is 55.8 Å². The van der Waals surface area contributed by atoms with Crippen LogP contribution in [0.3, 0.4) is 0 Å². The van der Waals surface area contributed by atoms with Crippen molar-refractivity contribution in [3.63, 3.8) is 0 Å². The van der Waals surface area contributed by atoms with E-state index in [1.165, 1.54) is 12.6 Å². The van der Waals surface area contributed by atoms with Crippen LogP contribution in [0.1, 0.15) is 22.3 Å². The summed E-state index contributed by atoms with van der Waals surface area (Å²) in [4.78, 5) is 25.4. The van der Waals surface area contributed by atoms with Crippen molar-refractivity contribution < 1.29 is 19.1 Å². The SMILES string of the molecule is C=CCc1cc(/C=C2\SC(=O)N(C)C2=O)cc(OC)c1OCc1cccc(C)c1. The number of aryl methyl sites for hydroxylation is 1. The molecule has 1 heterocycles. The van der Waals surface area contributed by atoms with Crippen molar-refractivity contribution in [2.75, 3.05) is 14.2 Å². The van der Waals surface area contributed by atoms with Gasteiger partial charge in [0.05, 0.1) is 12.0 Å². The van der Waals surface area contributed by atoms with Crippen LogP contribution in [-0.4, -0.2) is 30.2 Å². The summed E-state index contributed by atoms with van der Waals surface area (Å²) in [6, 6.07) is 11.9. The van der Waals surface area contributed by atoms with Crippen LogP contribution in [0.5, 0.6) is 11.5 Å². The molecule has 29 heavy (non-hydrogen) atoms. The van der Waals surface area contributed by atoms with Crippen molar-refractivity contribution in [3.05, 3.63) is 76.2 Å². The average Bonchev–Trinajstić information content (AvgIpc) is 2.93. The highest BCUT2D eigenvalue weighted by Crippen LogP contribution is 2.37. The molecule has 0 aliphatic carbocycles. The summed E-state index contributed by atoms with van der Waals surface area (Å²) in [6.45, 7) is 6.28. The smallest absolute Gasteiger partial charge is 0.293 e. The van der Waals surface area contributed by atoms with Crippen molar-refractivity contribution in [2.45, 2.75) is 20.0 Å². The predicted octanol–water partition coefficient (Wildman–Crippen LogP) is 4.98. The number of ether oxygens (including phenoxy) is 2. The lowest BCUT2D eigenvalue weighted by molar-refractivity contribution is -0.121. The number of amides is 2. The molecule has 1 aliphatic heterocycles. The average molecular weight is 410 g/mol. The third-order valence-electron chi connectivity index (χ3n) is 4.49. The summed E-state index contributed by atoms with van der Waals surface area (Å²) in [5, 5.41) is -0.280. The third kappa shape index (κ3) is 4.71. The normalized spacial score (nSPS) is 15.1. The van der Waals surface area contributed by atoms with Gasteiger partial charge >= 0.3 is 0 Å². The molecule has 5 nitrogen and oxygen atoms in total. The first kappa shape index (κ1) is 20.7. The standard InChI is InChI=1S/C23H23NO4S/c1-5-7-18-11-17(13-20-22(25)24(3)23(26)29-20)12-19(27-4)21(18)28-14-16-9-6-8-15(2)10-16/h5-6,8-13H,1,7,14H2,2-4H3/b20-13-. The molecule has 1 fully saturated rings. The second-order valence-electron chi connectivity index (χ2n) is 6.72. The molecule has 2 aromatic carbocycles. The largest absolute Gasteiger partial charge is 0.493 e. The first-order valence-corrected chi connectivity index (χ1v) is 9.96. The summed E-state index contributed by atoms with van der Waals surface area (Å²) in [5.41, 5.74) is 3.90. The molecular formula is C23H23NO4S. The Bertz CT molecular complexity index is 996. The summed E-state index contributed by atoms with van der Waals surface area (Å²) >= 11 is 0.929. The van der Waals surface area contributed by atoms with Gasteiger partial charge in [0.15, 0.2) is 11.5 Å². The van der Waals surface area contributed by atoms with E-state index < -0.39 is 0 Å². The summed E-state index contributed by atoms with van der Waals surface area (Å²) in [6.07, 6.45) is 4.07. The third-order valence-corrected chi connectivity index (χ3v) is 5.45. The van der Waals surface area contributed by atoms with Crippen molar-refractivity contribution in [3.8, 4) is 11.5 Å². The van der Waals surface area contributed by atoms with E-state index in [9.17, 15) is 9.59 Å². The first-order valence-electron chi connectivity index (χ1n) is 9.14. The highest BCUT2D eigenvalue weighted by molar-refractivity contribution is 8.18. The molecule has 3 rings (SSSR count). The van der Waals surface area contributed by atoms with Crippen LogP contribution in [0.2, 0.25) is 0 Å². The summed E-state index contributed by atoms with van der Waals surface area (Å²) in [5.74, 6) is 0.914. The van der Waals surface area contributed by atoms with Crippen LogP contribution in [0, 0.1) is 6.92 Å². The van der Waals surface area contributed by atoms with Gasteiger partial charge in [-0.05, 0) is 54.4 Å². The Morgan fingerprint density at radius 1 is 1.21 bits per heavy atom. The molecule has 0 N–H and O–H groups in total. The van der Waals surface area contributed by atoms with Gasteiger partial charge in [-0.25, -0.2) is 0 Å². The maximum Gasteiger partial charge on any atom is 0.293 e. The van der Waals surface area contributed by atoms with Gasteiger partial charge in [0, 0.05) is 12.6 Å². The number of allylic oxidation sites excluding steroid dienone is 1. The number of rotatable bonds is 7. The van der Waals surface area contributed by atoms with Crippen LogP contribution in [0.4, 0.5) is 4.79 Å². The van der Waals surface area contributed by atoms with E-state index in [0.717, 1.165) is 33.4 Å². The first-order chi connectivity index (χ1) is 13.9. The van der Waals surface area contributed by atoms with Crippen LogP contribution in [0.15, 0.2) is 54.0 Å². The fourth-order valence-electron chi connectivity index (χ4n) is 3.04. The van der Waals surface area contributed by atoms with Gasteiger partial charge in [-0.3, -0.25) is 14.5 Å². The number of thioether (sulfide) groups is 1. The molecule has 6 heteroatoms. The molecule has 0 aromatic heterocycles. The number of benzene rings is 2. The van der Waals surface area contributed by atoms with E-state index >= 15 is 0 Å². The van der Waals surface area contributed by atoms with Crippen molar-refractivity contribution in [1.82, 2.24) is 4.90 Å². The van der Waals surface area contributed by atoms with Crippen LogP contribution in [-0.2, 0) is 17.8 Å². The molecule has 150 valence electrons. The van der Waals surface area contributed by atoms with E-state index in [0.29, 0.717) is 29.4 Å². The minimum atomic E-state index is -0.302. The molecule has 0 radical (unpaired) electrons. The molecule has 0 bridgehead atoms. The lowest BCUT2D eigenvalue weighted by atomic mass is 10.0. The predicted molar refractivity (Wildman–Crippen MR) is 116 cm³/mol. The van der Waals surface area contributed by atoms with Gasteiger partial charge in [-0.15, -0.1) is 6.58 Å². The number of methoxy groups -OCH3 is 1. The second kappa shape index (κ2) is 9.01. The quantitative estimate of drug-likeness (QED) is 0.477. The highest BCUT2D eigenvalue weighted by Gasteiger charge is 2.31. The van der Waals surface area contributed by atoms with Crippen LogP contribution < -0.4 is 9.47 Å². The number of hydrogen-bond donors (Lipinski definition) is 0. The number of carbonyl (C=O) groups is 2.